The molecule has 0 aromatic heterocycles. The first kappa shape index (κ1) is 70.5. The van der Waals surface area contributed by atoms with Gasteiger partial charge in [-0.3, -0.25) is 19.3 Å². The summed E-state index contributed by atoms with van der Waals surface area (Å²) in [6, 6.07) is 3.13. The molecule has 0 heterocycles. The number of rotatable bonds is 34. The average Bonchev–Trinajstić information content (AvgIpc) is 3.32. The number of aliphatic carboxylic acids is 2. The van der Waals surface area contributed by atoms with Gasteiger partial charge in [0, 0.05) is 23.4 Å². The molecular formula is C58H96MgN2O13. The van der Waals surface area contributed by atoms with E-state index in [4.69, 9.17) is 5.73 Å². The van der Waals surface area contributed by atoms with Gasteiger partial charge >= 0.3 is 23.1 Å². The second kappa shape index (κ2) is 38.9. The molecule has 1 aromatic carbocycles. The van der Waals surface area contributed by atoms with Crippen LogP contribution in [0.1, 0.15) is 243 Å². The van der Waals surface area contributed by atoms with Gasteiger partial charge in [0.1, 0.15) is 22.8 Å². The smallest absolute Gasteiger partial charge is 0.550 e. The number of unbranched alkanes of at least 4 members (excludes halogenated alkanes) is 28. The van der Waals surface area contributed by atoms with Gasteiger partial charge in [0.05, 0.1) is 23.6 Å². The number of fused-ring (bicyclic) bond motifs is 3. The van der Waals surface area contributed by atoms with E-state index in [-0.39, 0.29) is 52.7 Å². The standard InChI is InChI=1S/C22H24N2O8.2C18H36O2.Mg.H2O/c1-7-8-5-4-6-9(25)11(8)16(26)12-10(7)17(27)14-15(24(2)3)18(28)13(21(23)31)20(30)22(14,32)19(12)29;2*1-2-3-4-5-6-7-8-9-10-11-12-13-14-15-16-17-18(19)20;;/h4-7,10,14-15,17,25-27,30,32H,1-3H3,(H2,23,31);2*2-17H2,1H3,(H,19,20);;1H2/q;;;+2;/p-2/t7-,10+,14+,15-,17-,22-;;;;/m0..../s1. The summed E-state index contributed by atoms with van der Waals surface area (Å²) in [6.45, 7) is 6.21. The number of phenols is 1. The van der Waals surface area contributed by atoms with Crippen LogP contribution in [0.3, 0.4) is 0 Å². The number of carbonyl (C=O) groups excluding carboxylic acids is 5. The van der Waals surface area contributed by atoms with E-state index in [0.717, 1.165) is 25.7 Å². The molecule has 74 heavy (non-hydrogen) atoms. The normalized spacial score (nSPS) is 20.7. The fraction of sp³-hybridized carbons (Fsp3) is 0.741. The van der Waals surface area contributed by atoms with Crippen molar-refractivity contribution >= 4 is 58.2 Å². The molecule has 0 aliphatic heterocycles. The number of hydrogen-bond donors (Lipinski definition) is 6. The van der Waals surface area contributed by atoms with Gasteiger partial charge < -0.3 is 56.5 Å². The van der Waals surface area contributed by atoms with Crippen LogP contribution >= 0.6 is 0 Å². The van der Waals surface area contributed by atoms with E-state index in [1.54, 1.807) is 19.1 Å². The molecule has 16 heteroatoms. The van der Waals surface area contributed by atoms with E-state index in [1.807, 2.05) is 0 Å². The first-order chi connectivity index (χ1) is 34.4. The van der Waals surface area contributed by atoms with Gasteiger partial charge in [-0.25, -0.2) is 0 Å². The number of phenolic OH excluding ortho intramolecular Hbond substituents is 1. The summed E-state index contributed by atoms with van der Waals surface area (Å²) in [6.07, 6.45) is 38.1. The van der Waals surface area contributed by atoms with Crippen molar-refractivity contribution in [1.29, 1.82) is 0 Å². The number of primary amides is 1. The van der Waals surface area contributed by atoms with Crippen molar-refractivity contribution in [2.75, 3.05) is 14.1 Å². The summed E-state index contributed by atoms with van der Waals surface area (Å²) in [7, 11) is 2.92. The Bertz CT molecular complexity index is 1840. The fourth-order valence-electron chi connectivity index (χ4n) is 10.9. The van der Waals surface area contributed by atoms with E-state index < -0.39 is 87.6 Å². The number of aliphatic hydroxyl groups is 4. The number of hydrogen-bond acceptors (Lipinski definition) is 13. The van der Waals surface area contributed by atoms with Gasteiger partial charge in [0.2, 0.25) is 5.78 Å². The SMILES string of the molecule is CCCCCCCCCCCCCCCCCC(=O)[O-].CCCCCCCCCCCCCCCCCC(=O)[O-].C[C@H]1c2cccc(O)c2C(O)=C2C(=O)[C@]3(O)C(O)=C(C(N)=O)C(=O)[C@@H](N(C)C)[C@@H]3[C@@H](O)[C@@H]21.O.[Mg+2]. The third-order valence-corrected chi connectivity index (χ3v) is 15.0. The number of likely N-dealkylation sites (N-methyl/N-ethyl adjacent to an activating group) is 1. The molecule has 3 aliphatic rings. The van der Waals surface area contributed by atoms with E-state index in [0.29, 0.717) is 5.56 Å². The Morgan fingerprint density at radius 3 is 1.31 bits per heavy atom. The number of aromatic hydroxyl groups is 1. The first-order valence-corrected chi connectivity index (χ1v) is 28.0. The molecule has 418 valence electrons. The third kappa shape index (κ3) is 22.2. The Labute approximate surface area is 459 Å². The van der Waals surface area contributed by atoms with Crippen LogP contribution in [-0.4, -0.2) is 120 Å². The number of benzene rings is 1. The molecule has 15 nitrogen and oxygen atoms in total. The largest absolute Gasteiger partial charge is 2.00 e. The van der Waals surface area contributed by atoms with Crippen molar-refractivity contribution in [1.82, 2.24) is 4.90 Å². The minimum atomic E-state index is -2.89. The van der Waals surface area contributed by atoms with Crippen LogP contribution in [0.25, 0.3) is 5.76 Å². The van der Waals surface area contributed by atoms with E-state index in [1.165, 1.54) is 192 Å². The minimum absolute atomic E-state index is 0. The molecule has 1 amide bonds. The van der Waals surface area contributed by atoms with Gasteiger partial charge in [-0.2, -0.15) is 0 Å². The summed E-state index contributed by atoms with van der Waals surface area (Å²) >= 11 is 0. The maximum Gasteiger partial charge on any atom is 2.00 e. The van der Waals surface area contributed by atoms with Crippen LogP contribution in [-0.2, 0) is 24.0 Å². The fourth-order valence-corrected chi connectivity index (χ4v) is 10.9. The number of carboxylic acids is 2. The van der Waals surface area contributed by atoms with Gasteiger partial charge in [0.25, 0.3) is 5.91 Å². The molecule has 0 saturated heterocycles. The number of ketones is 2. The molecule has 9 N–H and O–H groups in total. The number of nitrogens with zero attached hydrogens (tertiary/aromatic N) is 1. The van der Waals surface area contributed by atoms with Crippen LogP contribution in [0.5, 0.6) is 5.75 Å². The first-order valence-electron chi connectivity index (χ1n) is 28.0. The second-order valence-corrected chi connectivity index (χ2v) is 20.9. The Kier molecular flexibility index (Phi) is 37.1. The van der Waals surface area contributed by atoms with Crippen LogP contribution in [0.15, 0.2) is 35.1 Å². The van der Waals surface area contributed by atoms with Gasteiger partial charge in [-0.15, -0.1) is 0 Å². The number of carboxylic acid groups (broad SMARTS) is 2. The number of carbonyl (C=O) groups is 5. The zero-order valence-electron chi connectivity index (χ0n) is 46.1. The predicted octanol–water partition coefficient (Wildman–Crippen LogP) is 8.29. The van der Waals surface area contributed by atoms with E-state index in [9.17, 15) is 59.7 Å². The van der Waals surface area contributed by atoms with Crippen molar-refractivity contribution < 1.29 is 65.2 Å². The van der Waals surface area contributed by atoms with E-state index in [2.05, 4.69) is 13.8 Å². The molecule has 1 fully saturated rings. The quantitative estimate of drug-likeness (QED) is 0.0215. The van der Waals surface area contributed by atoms with Crippen LogP contribution < -0.4 is 15.9 Å². The molecule has 0 radical (unpaired) electrons. The Morgan fingerprint density at radius 1 is 0.635 bits per heavy atom. The maximum atomic E-state index is 13.7. The molecule has 1 aromatic rings. The Morgan fingerprint density at radius 2 is 0.986 bits per heavy atom. The topological polar surface area (TPSA) is 293 Å². The summed E-state index contributed by atoms with van der Waals surface area (Å²) in [5.74, 6) is -10.7. The molecule has 0 spiro atoms. The zero-order valence-corrected chi connectivity index (χ0v) is 47.5. The average molecular weight is 1050 g/mol. The number of Topliss-reactive ketones (excluding diaryl/α,β-unsaturated/α-hetero) is 2. The van der Waals surface area contributed by atoms with Gasteiger partial charge in [-0.1, -0.05) is 213 Å². The molecule has 0 unspecified atom stereocenters. The third-order valence-electron chi connectivity index (χ3n) is 15.0. The Balaban J connectivity index is 0.00000112. The monoisotopic (exact) mass is 1050 g/mol. The molecule has 4 rings (SSSR count). The van der Waals surface area contributed by atoms with Crippen molar-refractivity contribution in [3.63, 3.8) is 0 Å². The maximum absolute atomic E-state index is 13.7. The van der Waals surface area contributed by atoms with Crippen molar-refractivity contribution in [2.45, 2.75) is 250 Å². The zero-order chi connectivity index (χ0) is 53.6. The van der Waals surface area contributed by atoms with Crippen molar-refractivity contribution in [3.05, 3.63) is 46.2 Å². The van der Waals surface area contributed by atoms with Crippen molar-refractivity contribution in [2.24, 2.45) is 17.6 Å². The van der Waals surface area contributed by atoms with Gasteiger partial charge in [-0.05, 0) is 57.3 Å². The summed E-state index contributed by atoms with van der Waals surface area (Å²) in [4.78, 5) is 60.4. The molecule has 0 bridgehead atoms. The van der Waals surface area contributed by atoms with E-state index >= 15 is 0 Å². The molecule has 1 saturated carbocycles. The predicted molar refractivity (Wildman–Crippen MR) is 289 cm³/mol. The summed E-state index contributed by atoms with van der Waals surface area (Å²) in [5, 5.41) is 75.3. The summed E-state index contributed by atoms with van der Waals surface area (Å²) in [5.41, 5.74) is 1.47. The molecule has 6 atom stereocenters. The molecule has 3 aliphatic carbocycles. The summed E-state index contributed by atoms with van der Waals surface area (Å²) < 4.78 is 0. The van der Waals surface area contributed by atoms with Crippen LogP contribution in [0, 0.1) is 11.8 Å². The minimum Gasteiger partial charge on any atom is -0.550 e. The molecular weight excluding hydrogens is 957 g/mol. The second-order valence-electron chi connectivity index (χ2n) is 20.9. The van der Waals surface area contributed by atoms with Crippen LogP contribution in [0.2, 0.25) is 0 Å². The number of aliphatic hydroxyl groups excluding tert-OH is 3. The van der Waals surface area contributed by atoms with Gasteiger partial charge in [0.15, 0.2) is 11.4 Å². The number of amides is 1. The number of nitrogens with two attached hydrogens (primary N) is 1. The Hall–Kier alpha value is -3.54. The van der Waals surface area contributed by atoms with Crippen molar-refractivity contribution in [3.8, 4) is 5.75 Å². The van der Waals surface area contributed by atoms with Crippen LogP contribution in [0.4, 0.5) is 0 Å².